The van der Waals surface area contributed by atoms with Gasteiger partial charge in [-0.2, -0.15) is 0 Å². The van der Waals surface area contributed by atoms with Crippen molar-refractivity contribution in [3.63, 3.8) is 0 Å². The highest BCUT2D eigenvalue weighted by atomic mass is 16.5. The number of aromatic nitrogens is 2. The van der Waals surface area contributed by atoms with Gasteiger partial charge in [0.05, 0.1) is 12.9 Å². The molecule has 0 spiro atoms. The summed E-state index contributed by atoms with van der Waals surface area (Å²) in [5.74, 6) is -1.54. The van der Waals surface area contributed by atoms with Crippen molar-refractivity contribution in [1.82, 2.24) is 14.9 Å². The van der Waals surface area contributed by atoms with Crippen molar-refractivity contribution in [3.8, 4) is 11.1 Å². The number of imidazole rings is 1. The summed E-state index contributed by atoms with van der Waals surface area (Å²) in [4.78, 5) is 27.6. The highest BCUT2D eigenvalue weighted by molar-refractivity contribution is 5.79. The number of carbonyl (C=O) groups is 2. The number of fused-ring (bicyclic) bond motifs is 3. The number of ether oxygens (including phenoxy) is 1. The van der Waals surface area contributed by atoms with E-state index in [2.05, 4.69) is 34.6 Å². The maximum absolute atomic E-state index is 12.3. The summed E-state index contributed by atoms with van der Waals surface area (Å²) in [6.45, 7) is 0.210. The molecule has 4 rings (SSSR count). The van der Waals surface area contributed by atoms with Gasteiger partial charge in [0.15, 0.2) is 0 Å². The Morgan fingerprint density at radius 1 is 1.10 bits per heavy atom. The van der Waals surface area contributed by atoms with Gasteiger partial charge in [0, 0.05) is 24.9 Å². The van der Waals surface area contributed by atoms with Crippen LogP contribution in [0.15, 0.2) is 67.3 Å². The molecule has 29 heavy (non-hydrogen) atoms. The lowest BCUT2D eigenvalue weighted by molar-refractivity contribution is -0.144. The summed E-state index contributed by atoms with van der Waals surface area (Å²) in [5, 5.41) is 12.1. The lowest BCUT2D eigenvalue weighted by Crippen LogP contribution is -2.43. The van der Waals surface area contributed by atoms with Crippen molar-refractivity contribution >= 4 is 11.9 Å². The molecule has 0 fully saturated rings. The Labute approximate surface area is 168 Å². The lowest BCUT2D eigenvalue weighted by atomic mass is 9.98. The molecule has 1 heterocycles. The van der Waals surface area contributed by atoms with Gasteiger partial charge in [0.25, 0.3) is 0 Å². The van der Waals surface area contributed by atoms with E-state index in [9.17, 15) is 14.7 Å². The number of hydrogen-bond acceptors (Lipinski definition) is 5. The van der Waals surface area contributed by atoms with E-state index < -0.39 is 18.0 Å². The van der Waals surface area contributed by atoms with Crippen LogP contribution in [0.3, 0.4) is 0 Å². The number of benzene rings is 2. The number of nitrogens with one attached hydrogen (secondary N) is 1. The topological polar surface area (TPSA) is 93.5 Å². The van der Waals surface area contributed by atoms with E-state index in [1.807, 2.05) is 24.3 Å². The normalized spacial score (nSPS) is 13.5. The van der Waals surface area contributed by atoms with Crippen molar-refractivity contribution < 1.29 is 19.4 Å². The largest absolute Gasteiger partial charge is 0.480 e. The molecule has 148 valence electrons. The zero-order valence-corrected chi connectivity index (χ0v) is 15.7. The molecular weight excluding hydrogens is 370 g/mol. The highest BCUT2D eigenvalue weighted by Crippen LogP contribution is 2.44. The van der Waals surface area contributed by atoms with Crippen molar-refractivity contribution in [1.29, 1.82) is 0 Å². The second kappa shape index (κ2) is 8.28. The third-order valence-electron chi connectivity index (χ3n) is 5.12. The summed E-state index contributed by atoms with van der Waals surface area (Å²) >= 11 is 0. The summed E-state index contributed by atoms with van der Waals surface area (Å²) in [6, 6.07) is 15.3. The number of carboxylic acids is 1. The Morgan fingerprint density at radius 3 is 2.34 bits per heavy atom. The molecule has 0 saturated heterocycles. The Kier molecular flexibility index (Phi) is 5.39. The number of aliphatic carboxylic acids is 1. The fraction of sp³-hybridized carbons (Fsp3) is 0.227. The lowest BCUT2D eigenvalue weighted by Gasteiger charge is -2.16. The molecule has 1 aliphatic carbocycles. The number of esters is 1. The van der Waals surface area contributed by atoms with Gasteiger partial charge in [0.2, 0.25) is 0 Å². The molecule has 2 aromatic carbocycles. The quantitative estimate of drug-likeness (QED) is 0.572. The molecule has 3 aromatic rings. The summed E-state index contributed by atoms with van der Waals surface area (Å²) in [6.07, 6.45) is 4.78. The van der Waals surface area contributed by atoms with Crippen LogP contribution in [0, 0.1) is 0 Å². The minimum atomic E-state index is -1.04. The third-order valence-corrected chi connectivity index (χ3v) is 5.12. The Balaban J connectivity index is 1.37. The van der Waals surface area contributed by atoms with Crippen LogP contribution in [0.2, 0.25) is 0 Å². The first-order valence-electron chi connectivity index (χ1n) is 9.39. The number of rotatable bonds is 8. The molecule has 1 unspecified atom stereocenters. The Morgan fingerprint density at radius 2 is 1.76 bits per heavy atom. The first-order chi connectivity index (χ1) is 14.1. The molecule has 0 aliphatic heterocycles. The zero-order chi connectivity index (χ0) is 20.2. The molecule has 7 heteroatoms. The monoisotopic (exact) mass is 391 g/mol. The van der Waals surface area contributed by atoms with Crippen molar-refractivity contribution in [2.75, 3.05) is 13.2 Å². The van der Waals surface area contributed by atoms with Crippen LogP contribution >= 0.6 is 0 Å². The molecule has 0 amide bonds. The van der Waals surface area contributed by atoms with Crippen LogP contribution < -0.4 is 5.32 Å². The van der Waals surface area contributed by atoms with E-state index in [-0.39, 0.29) is 25.6 Å². The molecule has 2 N–H and O–H groups in total. The number of carboxylic acid groups (broad SMARTS) is 1. The van der Waals surface area contributed by atoms with Gasteiger partial charge < -0.3 is 14.4 Å². The average molecular weight is 391 g/mol. The predicted molar refractivity (Wildman–Crippen MR) is 106 cm³/mol. The van der Waals surface area contributed by atoms with Gasteiger partial charge in [-0.3, -0.25) is 14.9 Å². The number of hydrogen-bond donors (Lipinski definition) is 2. The van der Waals surface area contributed by atoms with E-state index in [0.717, 1.165) is 22.3 Å². The summed E-state index contributed by atoms with van der Waals surface area (Å²) in [7, 11) is 0. The molecule has 7 nitrogen and oxygen atoms in total. The molecule has 0 bridgehead atoms. The molecule has 1 atom stereocenters. The molecule has 0 radical (unpaired) electrons. The van der Waals surface area contributed by atoms with Crippen molar-refractivity contribution in [3.05, 3.63) is 78.4 Å². The predicted octanol–water partition coefficient (Wildman–Crippen LogP) is 2.28. The fourth-order valence-corrected chi connectivity index (χ4v) is 3.71. The van der Waals surface area contributed by atoms with Crippen molar-refractivity contribution in [2.24, 2.45) is 0 Å². The maximum Gasteiger partial charge on any atom is 0.322 e. The van der Waals surface area contributed by atoms with Gasteiger partial charge in [0.1, 0.15) is 12.6 Å². The van der Waals surface area contributed by atoms with Gasteiger partial charge in [-0.05, 0) is 22.3 Å². The van der Waals surface area contributed by atoms with Crippen LogP contribution in [0.25, 0.3) is 11.1 Å². The average Bonchev–Trinajstić information content (AvgIpc) is 3.35. The third kappa shape index (κ3) is 4.05. The van der Waals surface area contributed by atoms with E-state index in [0.29, 0.717) is 0 Å². The van der Waals surface area contributed by atoms with Crippen LogP contribution in [0.5, 0.6) is 0 Å². The Hall–Kier alpha value is -3.45. The van der Waals surface area contributed by atoms with Crippen molar-refractivity contribution in [2.45, 2.75) is 18.5 Å². The fourth-order valence-electron chi connectivity index (χ4n) is 3.71. The molecule has 0 saturated carbocycles. The van der Waals surface area contributed by atoms with Gasteiger partial charge >= 0.3 is 11.9 Å². The van der Waals surface area contributed by atoms with Crippen LogP contribution in [-0.4, -0.2) is 45.8 Å². The maximum atomic E-state index is 12.3. The molecular formula is C22H21N3O4. The molecule has 1 aromatic heterocycles. The van der Waals surface area contributed by atoms with Gasteiger partial charge in [-0.25, -0.2) is 4.98 Å². The standard InChI is InChI=1S/C22H21N3O4/c26-21(11-24-20(22(27)28)12-25-10-9-23-14-25)29-13-19-17-7-3-1-5-15(17)16-6-2-4-8-18(16)19/h1-10,14,19-20,24H,11-13H2,(H,27,28). The van der Waals surface area contributed by atoms with E-state index >= 15 is 0 Å². The minimum absolute atomic E-state index is 0.0208. The smallest absolute Gasteiger partial charge is 0.322 e. The van der Waals surface area contributed by atoms with Crippen LogP contribution in [0.1, 0.15) is 17.0 Å². The SMILES string of the molecule is O=C(CNC(Cn1ccnc1)C(=O)O)OCC1c2ccccc2-c2ccccc21. The first-order valence-corrected chi connectivity index (χ1v) is 9.39. The van der Waals surface area contributed by atoms with Gasteiger partial charge in [-0.1, -0.05) is 48.5 Å². The van der Waals surface area contributed by atoms with E-state index in [1.54, 1.807) is 17.0 Å². The zero-order valence-electron chi connectivity index (χ0n) is 15.7. The number of nitrogens with zero attached hydrogens (tertiary/aromatic N) is 2. The first kappa shape index (κ1) is 18.9. The van der Waals surface area contributed by atoms with E-state index in [4.69, 9.17) is 4.74 Å². The van der Waals surface area contributed by atoms with Crippen LogP contribution in [-0.2, 0) is 20.9 Å². The summed E-state index contributed by atoms with van der Waals surface area (Å²) in [5.41, 5.74) is 4.60. The Bertz CT molecular complexity index is 971. The highest BCUT2D eigenvalue weighted by Gasteiger charge is 2.29. The number of carbonyl (C=O) groups excluding carboxylic acids is 1. The van der Waals surface area contributed by atoms with E-state index in [1.165, 1.54) is 6.33 Å². The van der Waals surface area contributed by atoms with Gasteiger partial charge in [-0.15, -0.1) is 0 Å². The minimum Gasteiger partial charge on any atom is -0.480 e. The molecule has 1 aliphatic rings. The second-order valence-corrected chi connectivity index (χ2v) is 6.94. The van der Waals surface area contributed by atoms with Crippen LogP contribution in [0.4, 0.5) is 0 Å². The second-order valence-electron chi connectivity index (χ2n) is 6.94. The summed E-state index contributed by atoms with van der Waals surface area (Å²) < 4.78 is 7.13.